The topological polar surface area (TPSA) is 69.4 Å². The van der Waals surface area contributed by atoms with Crippen LogP contribution in [0.3, 0.4) is 0 Å². The molecule has 1 aromatic carbocycles. The zero-order chi connectivity index (χ0) is 12.7. The summed E-state index contributed by atoms with van der Waals surface area (Å²) >= 11 is 0. The zero-order valence-electron chi connectivity index (χ0n) is 10.0. The summed E-state index contributed by atoms with van der Waals surface area (Å²) < 4.78 is 29.5. The van der Waals surface area contributed by atoms with Gasteiger partial charge in [0, 0.05) is 7.11 Å². The summed E-state index contributed by atoms with van der Waals surface area (Å²) in [6, 6.07) is 6.86. The van der Waals surface area contributed by atoms with E-state index in [1.165, 1.54) is 7.11 Å². The van der Waals surface area contributed by atoms with Gasteiger partial charge in [-0.3, -0.25) is 0 Å². The lowest BCUT2D eigenvalue weighted by molar-refractivity contribution is 0.173. The molecule has 2 rings (SSSR count). The van der Waals surface area contributed by atoms with Crippen molar-refractivity contribution in [3.05, 3.63) is 29.8 Å². The second kappa shape index (κ2) is 4.08. The van der Waals surface area contributed by atoms with Gasteiger partial charge in [0.2, 0.25) is 0 Å². The SMILES string of the molecule is COCC1(N)CC1S(=O)(=O)c1ccc(C)cc1. The molecule has 0 bridgehead atoms. The Morgan fingerprint density at radius 2 is 2.00 bits per heavy atom. The fraction of sp³-hybridized carbons (Fsp3) is 0.500. The van der Waals surface area contributed by atoms with Crippen LogP contribution in [0.25, 0.3) is 0 Å². The molecular weight excluding hydrogens is 238 g/mol. The van der Waals surface area contributed by atoms with Gasteiger partial charge >= 0.3 is 0 Å². The molecule has 0 heterocycles. The number of ether oxygens (including phenoxy) is 1. The third kappa shape index (κ3) is 2.22. The first-order valence-electron chi connectivity index (χ1n) is 5.48. The molecule has 2 N–H and O–H groups in total. The van der Waals surface area contributed by atoms with E-state index in [0.29, 0.717) is 11.3 Å². The van der Waals surface area contributed by atoms with Gasteiger partial charge in [0.1, 0.15) is 0 Å². The van der Waals surface area contributed by atoms with Crippen molar-refractivity contribution in [1.82, 2.24) is 0 Å². The molecule has 0 aliphatic heterocycles. The van der Waals surface area contributed by atoms with Crippen LogP contribution in [0.15, 0.2) is 29.2 Å². The summed E-state index contributed by atoms with van der Waals surface area (Å²) in [6.07, 6.45) is 0.469. The highest BCUT2D eigenvalue weighted by Crippen LogP contribution is 2.42. The molecule has 0 amide bonds. The molecule has 0 saturated heterocycles. The molecule has 2 atom stereocenters. The van der Waals surface area contributed by atoms with Gasteiger partial charge < -0.3 is 10.5 Å². The van der Waals surface area contributed by atoms with E-state index in [1.807, 2.05) is 6.92 Å². The third-order valence-corrected chi connectivity index (χ3v) is 5.50. The summed E-state index contributed by atoms with van der Waals surface area (Å²) in [4.78, 5) is 0.344. The molecule has 94 valence electrons. The number of hydrogen-bond donors (Lipinski definition) is 1. The Morgan fingerprint density at radius 3 is 2.53 bits per heavy atom. The molecular formula is C12H17NO3S. The van der Waals surface area contributed by atoms with Gasteiger partial charge in [-0.25, -0.2) is 8.42 Å². The van der Waals surface area contributed by atoms with E-state index >= 15 is 0 Å². The smallest absolute Gasteiger partial charge is 0.183 e. The fourth-order valence-electron chi connectivity index (χ4n) is 2.02. The van der Waals surface area contributed by atoms with Crippen LogP contribution in [0, 0.1) is 6.92 Å². The van der Waals surface area contributed by atoms with Gasteiger partial charge in [-0.1, -0.05) is 17.7 Å². The maximum absolute atomic E-state index is 12.3. The van der Waals surface area contributed by atoms with Crippen LogP contribution in [0.2, 0.25) is 0 Å². The van der Waals surface area contributed by atoms with Gasteiger partial charge in [-0.05, 0) is 25.5 Å². The Kier molecular flexibility index (Phi) is 3.01. The van der Waals surface area contributed by atoms with Crippen molar-refractivity contribution in [2.75, 3.05) is 13.7 Å². The van der Waals surface area contributed by atoms with Crippen molar-refractivity contribution in [2.45, 2.75) is 29.0 Å². The van der Waals surface area contributed by atoms with Gasteiger partial charge in [-0.2, -0.15) is 0 Å². The third-order valence-electron chi connectivity index (χ3n) is 3.18. The minimum absolute atomic E-state index is 0.281. The zero-order valence-corrected chi connectivity index (χ0v) is 10.8. The normalized spacial score (nSPS) is 28.1. The van der Waals surface area contributed by atoms with Crippen LogP contribution in [-0.2, 0) is 14.6 Å². The van der Waals surface area contributed by atoms with Crippen molar-refractivity contribution in [3.8, 4) is 0 Å². The Bertz CT molecular complexity index is 509. The molecule has 1 saturated carbocycles. The first-order chi connectivity index (χ1) is 7.90. The van der Waals surface area contributed by atoms with E-state index in [1.54, 1.807) is 24.3 Å². The maximum Gasteiger partial charge on any atom is 0.183 e. The van der Waals surface area contributed by atoms with E-state index in [0.717, 1.165) is 5.56 Å². The standard InChI is InChI=1S/C12H17NO3S/c1-9-3-5-10(6-4-9)17(14,15)11-7-12(11,13)8-16-2/h3-6,11H,7-8,13H2,1-2H3. The van der Waals surface area contributed by atoms with Crippen LogP contribution in [0.5, 0.6) is 0 Å². The molecule has 0 aromatic heterocycles. The first-order valence-corrected chi connectivity index (χ1v) is 7.03. The number of rotatable bonds is 4. The highest BCUT2D eigenvalue weighted by molar-refractivity contribution is 7.92. The van der Waals surface area contributed by atoms with Gasteiger partial charge in [0.15, 0.2) is 9.84 Å². The van der Waals surface area contributed by atoms with Crippen molar-refractivity contribution in [2.24, 2.45) is 5.73 Å². The van der Waals surface area contributed by atoms with Crippen molar-refractivity contribution in [1.29, 1.82) is 0 Å². The summed E-state index contributed by atoms with van der Waals surface area (Å²) in [5.41, 5.74) is 6.28. The van der Waals surface area contributed by atoms with Crippen LogP contribution < -0.4 is 5.73 Å². The molecule has 17 heavy (non-hydrogen) atoms. The maximum atomic E-state index is 12.3. The molecule has 4 nitrogen and oxygen atoms in total. The Hall–Kier alpha value is -0.910. The van der Waals surface area contributed by atoms with E-state index in [-0.39, 0.29) is 6.61 Å². The van der Waals surface area contributed by atoms with Crippen LogP contribution in [0.4, 0.5) is 0 Å². The number of nitrogens with two attached hydrogens (primary N) is 1. The lowest BCUT2D eigenvalue weighted by Crippen LogP contribution is -2.35. The van der Waals surface area contributed by atoms with Crippen LogP contribution in [0.1, 0.15) is 12.0 Å². The molecule has 1 aliphatic rings. The van der Waals surface area contributed by atoms with E-state index in [4.69, 9.17) is 10.5 Å². The Labute approximate surface area is 102 Å². The molecule has 1 aliphatic carbocycles. The van der Waals surface area contributed by atoms with Crippen LogP contribution in [-0.4, -0.2) is 32.9 Å². The van der Waals surface area contributed by atoms with Crippen molar-refractivity contribution < 1.29 is 13.2 Å². The quantitative estimate of drug-likeness (QED) is 0.867. The lowest BCUT2D eigenvalue weighted by Gasteiger charge is -2.10. The summed E-state index contributed by atoms with van der Waals surface area (Å²) in [5, 5.41) is -0.516. The van der Waals surface area contributed by atoms with Gasteiger partial charge in [-0.15, -0.1) is 0 Å². The summed E-state index contributed by atoms with van der Waals surface area (Å²) in [6.45, 7) is 2.20. The average Bonchev–Trinajstić information content (AvgIpc) is 2.92. The minimum Gasteiger partial charge on any atom is -0.383 e. The molecule has 1 fully saturated rings. The lowest BCUT2D eigenvalue weighted by atomic mass is 10.2. The molecule has 0 spiro atoms. The predicted octanol–water partition coefficient (Wildman–Crippen LogP) is 0.885. The van der Waals surface area contributed by atoms with Crippen molar-refractivity contribution in [3.63, 3.8) is 0 Å². The Morgan fingerprint density at radius 1 is 1.41 bits per heavy atom. The molecule has 5 heteroatoms. The van der Waals surface area contributed by atoms with Crippen LogP contribution >= 0.6 is 0 Å². The minimum atomic E-state index is -3.32. The largest absolute Gasteiger partial charge is 0.383 e. The second-order valence-electron chi connectivity index (χ2n) is 4.72. The number of benzene rings is 1. The molecule has 1 aromatic rings. The number of aryl methyl sites for hydroxylation is 1. The van der Waals surface area contributed by atoms with E-state index < -0.39 is 20.6 Å². The Balaban J connectivity index is 2.25. The summed E-state index contributed by atoms with van der Waals surface area (Å²) in [7, 11) is -1.79. The highest BCUT2D eigenvalue weighted by Gasteiger charge is 2.59. The highest BCUT2D eigenvalue weighted by atomic mass is 32.2. The monoisotopic (exact) mass is 255 g/mol. The van der Waals surface area contributed by atoms with Gasteiger partial charge in [0.25, 0.3) is 0 Å². The van der Waals surface area contributed by atoms with Gasteiger partial charge in [0.05, 0.1) is 22.3 Å². The fourth-order valence-corrected chi connectivity index (χ4v) is 4.08. The molecule has 0 radical (unpaired) electrons. The number of sulfone groups is 1. The van der Waals surface area contributed by atoms with E-state index in [9.17, 15) is 8.42 Å². The average molecular weight is 255 g/mol. The molecule has 2 unspecified atom stereocenters. The summed E-state index contributed by atoms with van der Waals surface area (Å²) in [5.74, 6) is 0. The van der Waals surface area contributed by atoms with E-state index in [2.05, 4.69) is 0 Å². The number of hydrogen-bond acceptors (Lipinski definition) is 4. The second-order valence-corrected chi connectivity index (χ2v) is 6.85. The first kappa shape index (κ1) is 12.5. The number of methoxy groups -OCH3 is 1. The van der Waals surface area contributed by atoms with Crippen molar-refractivity contribution >= 4 is 9.84 Å². The predicted molar refractivity (Wildman–Crippen MR) is 65.6 cm³/mol.